The summed E-state index contributed by atoms with van der Waals surface area (Å²) in [7, 11) is 0. The van der Waals surface area contributed by atoms with E-state index in [1.165, 1.54) is 12.8 Å². The van der Waals surface area contributed by atoms with E-state index in [2.05, 4.69) is 26.7 Å². The third-order valence-electron chi connectivity index (χ3n) is 4.28. The molecule has 18 heavy (non-hydrogen) atoms. The van der Waals surface area contributed by atoms with E-state index in [1.54, 1.807) is 0 Å². The molecule has 1 aliphatic rings. The lowest BCUT2D eigenvalue weighted by Gasteiger charge is -2.37. The monoisotopic (exact) mass is 249 g/mol. The summed E-state index contributed by atoms with van der Waals surface area (Å²) in [5, 5.41) is 0. The van der Waals surface area contributed by atoms with Gasteiger partial charge in [0.25, 0.3) is 0 Å². The zero-order valence-corrected chi connectivity index (χ0v) is 12.3. The number of amides is 1. The summed E-state index contributed by atoms with van der Waals surface area (Å²) < 4.78 is 0. The number of carbonyl (C=O) groups excluding carboxylic acids is 1. The molecule has 0 aromatic carbocycles. The summed E-state index contributed by atoms with van der Waals surface area (Å²) in [6.07, 6.45) is 9.72. The van der Waals surface area contributed by atoms with E-state index in [0.717, 1.165) is 25.3 Å². The highest BCUT2D eigenvalue weighted by atomic mass is 16.2. The van der Waals surface area contributed by atoms with E-state index in [-0.39, 0.29) is 11.8 Å². The van der Waals surface area contributed by atoms with Crippen LogP contribution in [0.1, 0.15) is 53.4 Å². The second-order valence-electron chi connectivity index (χ2n) is 6.47. The molecule has 0 saturated heterocycles. The Morgan fingerprint density at radius 1 is 1.28 bits per heavy atom. The van der Waals surface area contributed by atoms with Crippen LogP contribution in [0.2, 0.25) is 0 Å². The van der Waals surface area contributed by atoms with Crippen LogP contribution in [0.5, 0.6) is 0 Å². The number of hydrogen-bond donors (Lipinski definition) is 0. The maximum absolute atomic E-state index is 12.3. The molecular weight excluding hydrogens is 222 g/mol. The smallest absolute Gasteiger partial charge is 0.226 e. The van der Waals surface area contributed by atoms with Crippen LogP contribution in [0.3, 0.4) is 0 Å². The number of nitrogens with zero attached hydrogens (tertiary/aromatic N) is 1. The largest absolute Gasteiger partial charge is 0.332 e. The molecule has 2 heteroatoms. The number of hydrogen-bond acceptors (Lipinski definition) is 1. The van der Waals surface area contributed by atoms with Gasteiger partial charge in [-0.25, -0.2) is 0 Å². The van der Waals surface area contributed by atoms with Gasteiger partial charge in [-0.05, 0) is 43.9 Å². The zero-order valence-electron chi connectivity index (χ0n) is 12.3. The van der Waals surface area contributed by atoms with E-state index >= 15 is 0 Å². The van der Waals surface area contributed by atoms with Gasteiger partial charge in [0.05, 0.1) is 6.54 Å². The molecule has 0 aromatic heterocycles. The zero-order chi connectivity index (χ0) is 13.8. The Balaban J connectivity index is 2.52. The molecule has 0 radical (unpaired) electrons. The molecule has 102 valence electrons. The molecule has 0 atom stereocenters. The highest BCUT2D eigenvalue weighted by molar-refractivity contribution is 5.79. The van der Waals surface area contributed by atoms with E-state index in [9.17, 15) is 4.79 Å². The molecule has 0 bridgehead atoms. The summed E-state index contributed by atoms with van der Waals surface area (Å²) in [5.41, 5.74) is 0.372. The lowest BCUT2D eigenvalue weighted by atomic mass is 9.69. The van der Waals surface area contributed by atoms with Gasteiger partial charge in [-0.15, -0.1) is 6.42 Å². The summed E-state index contributed by atoms with van der Waals surface area (Å²) >= 11 is 0. The van der Waals surface area contributed by atoms with Crippen LogP contribution in [-0.2, 0) is 4.79 Å². The molecule has 1 fully saturated rings. The fourth-order valence-electron chi connectivity index (χ4n) is 2.92. The fourth-order valence-corrected chi connectivity index (χ4v) is 2.92. The number of carbonyl (C=O) groups is 1. The van der Waals surface area contributed by atoms with Crippen LogP contribution in [-0.4, -0.2) is 23.9 Å². The maximum Gasteiger partial charge on any atom is 0.226 e. The predicted octanol–water partition coefficient (Wildman–Crippen LogP) is 3.32. The van der Waals surface area contributed by atoms with Gasteiger partial charge in [0, 0.05) is 12.5 Å². The van der Waals surface area contributed by atoms with Crippen LogP contribution < -0.4 is 0 Å². The van der Waals surface area contributed by atoms with Crippen LogP contribution in [0.25, 0.3) is 0 Å². The first-order valence-electron chi connectivity index (χ1n) is 7.12. The van der Waals surface area contributed by atoms with Gasteiger partial charge in [-0.1, -0.05) is 26.7 Å². The summed E-state index contributed by atoms with van der Waals surface area (Å²) in [6.45, 7) is 10.1. The first kappa shape index (κ1) is 15.1. The molecule has 0 aliphatic heterocycles. The van der Waals surface area contributed by atoms with Crippen molar-refractivity contribution in [2.75, 3.05) is 13.1 Å². The van der Waals surface area contributed by atoms with Crippen LogP contribution in [0.4, 0.5) is 0 Å². The van der Waals surface area contributed by atoms with Crippen molar-refractivity contribution < 1.29 is 4.79 Å². The van der Waals surface area contributed by atoms with E-state index in [4.69, 9.17) is 6.42 Å². The van der Waals surface area contributed by atoms with Crippen molar-refractivity contribution in [2.24, 2.45) is 17.3 Å². The Labute approximate surface area is 112 Å². The highest BCUT2D eigenvalue weighted by Crippen LogP contribution is 2.40. The lowest BCUT2D eigenvalue weighted by Crippen LogP contribution is -2.39. The third kappa shape index (κ3) is 3.77. The molecule has 1 rings (SSSR count). The topological polar surface area (TPSA) is 20.3 Å². The maximum atomic E-state index is 12.3. The van der Waals surface area contributed by atoms with E-state index in [1.807, 2.05) is 11.8 Å². The molecule has 0 aromatic rings. The third-order valence-corrected chi connectivity index (χ3v) is 4.28. The van der Waals surface area contributed by atoms with Crippen LogP contribution >= 0.6 is 0 Å². The number of rotatable bonds is 3. The van der Waals surface area contributed by atoms with Gasteiger partial charge in [0.2, 0.25) is 5.91 Å². The van der Waals surface area contributed by atoms with Gasteiger partial charge < -0.3 is 4.90 Å². The average Bonchev–Trinajstić information content (AvgIpc) is 2.34. The van der Waals surface area contributed by atoms with Crippen molar-refractivity contribution in [3.8, 4) is 12.3 Å². The molecule has 0 unspecified atom stereocenters. The highest BCUT2D eigenvalue weighted by Gasteiger charge is 2.33. The Hall–Kier alpha value is -0.970. The standard InChI is InChI=1S/C16H27NO/c1-6-12-17(7-2)15(18)13-8-10-14(11-9-13)16(3,4)5/h1,13-14H,7-12H2,2-5H3. The van der Waals surface area contributed by atoms with Crippen molar-refractivity contribution in [3.63, 3.8) is 0 Å². The minimum atomic E-state index is 0.205. The van der Waals surface area contributed by atoms with Crippen molar-refractivity contribution in [3.05, 3.63) is 0 Å². The minimum absolute atomic E-state index is 0.205. The lowest BCUT2D eigenvalue weighted by molar-refractivity contribution is -0.136. The Morgan fingerprint density at radius 2 is 1.83 bits per heavy atom. The Kier molecular flexibility index (Phi) is 5.26. The second-order valence-corrected chi connectivity index (χ2v) is 6.47. The van der Waals surface area contributed by atoms with E-state index < -0.39 is 0 Å². The normalized spacial score (nSPS) is 24.4. The molecule has 1 saturated carbocycles. The average molecular weight is 249 g/mol. The van der Waals surface area contributed by atoms with E-state index in [0.29, 0.717) is 12.0 Å². The SMILES string of the molecule is C#CCN(CC)C(=O)C1CCC(C(C)(C)C)CC1. The van der Waals surface area contributed by atoms with Crippen LogP contribution in [0, 0.1) is 29.6 Å². The van der Waals surface area contributed by atoms with Gasteiger partial charge in [0.15, 0.2) is 0 Å². The van der Waals surface area contributed by atoms with Crippen molar-refractivity contribution in [2.45, 2.75) is 53.4 Å². The summed E-state index contributed by atoms with van der Waals surface area (Å²) in [5.74, 6) is 3.80. The van der Waals surface area contributed by atoms with Crippen molar-refractivity contribution >= 4 is 5.91 Å². The molecule has 0 N–H and O–H groups in total. The first-order valence-corrected chi connectivity index (χ1v) is 7.12. The molecule has 0 heterocycles. The summed E-state index contributed by atoms with van der Waals surface area (Å²) in [4.78, 5) is 14.1. The van der Waals surface area contributed by atoms with Crippen LogP contribution in [0.15, 0.2) is 0 Å². The van der Waals surface area contributed by atoms with Gasteiger partial charge in [-0.2, -0.15) is 0 Å². The Morgan fingerprint density at radius 3 is 2.22 bits per heavy atom. The van der Waals surface area contributed by atoms with Gasteiger partial charge >= 0.3 is 0 Å². The second kappa shape index (κ2) is 6.27. The molecule has 1 aliphatic carbocycles. The Bertz CT molecular complexity index is 313. The fraction of sp³-hybridized carbons (Fsp3) is 0.812. The van der Waals surface area contributed by atoms with Crippen molar-refractivity contribution in [1.29, 1.82) is 0 Å². The first-order chi connectivity index (χ1) is 8.40. The summed E-state index contributed by atoms with van der Waals surface area (Å²) in [6, 6.07) is 0. The minimum Gasteiger partial charge on any atom is -0.332 e. The molecule has 2 nitrogen and oxygen atoms in total. The quantitative estimate of drug-likeness (QED) is 0.703. The molecule has 1 amide bonds. The predicted molar refractivity (Wildman–Crippen MR) is 76.0 cm³/mol. The molecular formula is C16H27NO. The van der Waals surface area contributed by atoms with Gasteiger partial charge in [-0.3, -0.25) is 4.79 Å². The molecule has 0 spiro atoms. The van der Waals surface area contributed by atoms with Crippen molar-refractivity contribution in [1.82, 2.24) is 4.90 Å². The number of terminal acetylenes is 1. The van der Waals surface area contributed by atoms with Gasteiger partial charge in [0.1, 0.15) is 0 Å².